The van der Waals surface area contributed by atoms with Crippen molar-refractivity contribution in [1.82, 2.24) is 10.2 Å². The van der Waals surface area contributed by atoms with E-state index in [2.05, 4.69) is 26.1 Å². The molecule has 0 saturated heterocycles. The largest absolute Gasteiger partial charge is 0.391 e. The molecule has 2 N–H and O–H groups in total. The van der Waals surface area contributed by atoms with Crippen molar-refractivity contribution in [1.29, 1.82) is 0 Å². The molecule has 220 valence electrons. The normalized spacial score (nSPS) is 10.9. The second-order valence-electron chi connectivity index (χ2n) is 9.58. The lowest BCUT2D eigenvalue weighted by atomic mass is 10.1. The summed E-state index contributed by atoms with van der Waals surface area (Å²) < 4.78 is 29.8. The molecule has 1 unspecified atom stereocenters. The molecular formula is C31H48F2N2O4. The van der Waals surface area contributed by atoms with Crippen molar-refractivity contribution in [3.05, 3.63) is 70.3 Å². The molecule has 2 amide bonds. The maximum Gasteiger partial charge on any atom is 0.251 e. The number of halogens is 2. The predicted molar refractivity (Wildman–Crippen MR) is 154 cm³/mol. The minimum Gasteiger partial charge on any atom is -0.391 e. The van der Waals surface area contributed by atoms with E-state index in [0.717, 1.165) is 69.0 Å². The van der Waals surface area contributed by atoms with E-state index in [-0.39, 0.29) is 12.5 Å². The third-order valence-electron chi connectivity index (χ3n) is 5.40. The number of rotatable bonds is 14. The summed E-state index contributed by atoms with van der Waals surface area (Å²) in [6.07, 6.45) is 5.15. The van der Waals surface area contributed by atoms with E-state index in [9.17, 15) is 23.5 Å². The molecular weight excluding hydrogens is 502 g/mol. The first-order valence-corrected chi connectivity index (χ1v) is 13.8. The summed E-state index contributed by atoms with van der Waals surface area (Å²) in [5.41, 5.74) is 3.36. The quantitative estimate of drug-likeness (QED) is 0.219. The van der Waals surface area contributed by atoms with Gasteiger partial charge in [0.15, 0.2) is 0 Å². The fraction of sp³-hybridized carbons (Fsp3) is 0.548. The number of hydrogen-bond donors (Lipinski definition) is 2. The van der Waals surface area contributed by atoms with E-state index in [4.69, 9.17) is 4.74 Å². The number of nitrogens with one attached hydrogen (secondary N) is 1. The number of hydrogen-bond acceptors (Lipinski definition) is 4. The Morgan fingerprint density at radius 1 is 0.897 bits per heavy atom. The molecule has 6 nitrogen and oxygen atoms in total. The number of unbranched alkanes of at least 4 members (excludes halogenated alkanes) is 1. The first kappa shape index (κ1) is 36.2. The standard InChI is InChI=1S/C17H27NO3.C7H6F2.C7H15NO/c1-4-5-7-21-8-6-16(19)12-18-17(20)15-10-13(2)9-14(3)11-15;1-5-2-6(8)4-7(9)3-5;1-3-5-8(7-9)6-4-2/h9-11,16,19H,4-8,12H2,1-3H3,(H,18,20);2-4H,1H3;7H,3-6H2,1-2H3. The molecule has 1 atom stereocenters. The van der Waals surface area contributed by atoms with Gasteiger partial charge in [-0.25, -0.2) is 8.78 Å². The van der Waals surface area contributed by atoms with Gasteiger partial charge < -0.3 is 20.1 Å². The number of nitrogens with zero attached hydrogens (tertiary/aromatic N) is 1. The number of benzene rings is 2. The highest BCUT2D eigenvalue weighted by Crippen LogP contribution is 2.09. The Labute approximate surface area is 233 Å². The van der Waals surface area contributed by atoms with Gasteiger partial charge in [0.1, 0.15) is 11.6 Å². The fourth-order valence-corrected chi connectivity index (χ4v) is 3.57. The predicted octanol–water partition coefficient (Wildman–Crippen LogP) is 6.14. The maximum atomic E-state index is 12.2. The SMILES string of the molecule is CCCCOCCC(O)CNC(=O)c1cc(C)cc(C)c1.CCCN(C=O)CCC.Cc1cc(F)cc(F)c1. The minimum atomic E-state index is -0.568. The molecule has 8 heteroatoms. The van der Waals surface area contributed by atoms with E-state index in [1.165, 1.54) is 12.1 Å². The highest BCUT2D eigenvalue weighted by atomic mass is 19.1. The van der Waals surface area contributed by atoms with Gasteiger partial charge in [0.25, 0.3) is 5.91 Å². The molecule has 0 spiro atoms. The van der Waals surface area contributed by atoms with Crippen LogP contribution in [0.25, 0.3) is 0 Å². The van der Waals surface area contributed by atoms with Crippen LogP contribution in [0.4, 0.5) is 8.78 Å². The van der Waals surface area contributed by atoms with E-state index < -0.39 is 17.7 Å². The van der Waals surface area contributed by atoms with Crippen molar-refractivity contribution < 1.29 is 28.2 Å². The third kappa shape index (κ3) is 19.0. The molecule has 0 aromatic heterocycles. The van der Waals surface area contributed by atoms with Crippen LogP contribution in [0.3, 0.4) is 0 Å². The van der Waals surface area contributed by atoms with Gasteiger partial charge in [-0.15, -0.1) is 0 Å². The second kappa shape index (κ2) is 22.0. The minimum absolute atomic E-state index is 0.146. The molecule has 0 aliphatic rings. The molecule has 0 saturated carbocycles. The Morgan fingerprint density at radius 2 is 1.44 bits per heavy atom. The van der Waals surface area contributed by atoms with Crippen LogP contribution in [0.2, 0.25) is 0 Å². The number of carbonyl (C=O) groups excluding carboxylic acids is 2. The monoisotopic (exact) mass is 550 g/mol. The van der Waals surface area contributed by atoms with E-state index in [0.29, 0.717) is 24.2 Å². The fourth-order valence-electron chi connectivity index (χ4n) is 3.57. The van der Waals surface area contributed by atoms with Gasteiger partial charge in [-0.2, -0.15) is 0 Å². The molecule has 0 bridgehead atoms. The lowest BCUT2D eigenvalue weighted by molar-refractivity contribution is -0.118. The average molecular weight is 551 g/mol. The van der Waals surface area contributed by atoms with Gasteiger partial charge in [-0.1, -0.05) is 44.4 Å². The molecule has 0 fully saturated rings. The highest BCUT2D eigenvalue weighted by Gasteiger charge is 2.10. The summed E-state index contributed by atoms with van der Waals surface area (Å²) >= 11 is 0. The van der Waals surface area contributed by atoms with E-state index >= 15 is 0 Å². The Kier molecular flexibility index (Phi) is 20.4. The van der Waals surface area contributed by atoms with Crippen LogP contribution in [0.15, 0.2) is 36.4 Å². The van der Waals surface area contributed by atoms with Crippen LogP contribution >= 0.6 is 0 Å². The zero-order valence-corrected chi connectivity index (χ0v) is 24.6. The lowest BCUT2D eigenvalue weighted by Crippen LogP contribution is -2.32. The van der Waals surface area contributed by atoms with Gasteiger partial charge in [-0.3, -0.25) is 9.59 Å². The maximum absolute atomic E-state index is 12.2. The number of aliphatic hydroxyl groups excluding tert-OH is 1. The molecule has 2 aromatic rings. The van der Waals surface area contributed by atoms with Crippen LogP contribution in [0.1, 0.15) is 79.9 Å². The first-order chi connectivity index (χ1) is 18.6. The molecule has 39 heavy (non-hydrogen) atoms. The third-order valence-corrected chi connectivity index (χ3v) is 5.40. The zero-order chi connectivity index (χ0) is 29.6. The van der Waals surface area contributed by atoms with Crippen LogP contribution < -0.4 is 5.32 Å². The van der Waals surface area contributed by atoms with E-state index in [1.54, 1.807) is 11.8 Å². The van der Waals surface area contributed by atoms with Gasteiger partial charge in [0.2, 0.25) is 6.41 Å². The van der Waals surface area contributed by atoms with Gasteiger partial charge in [-0.05, 0) is 76.3 Å². The second-order valence-corrected chi connectivity index (χ2v) is 9.58. The Bertz CT molecular complexity index is 879. The number of ether oxygens (including phenoxy) is 1. The number of aryl methyl sites for hydroxylation is 3. The smallest absolute Gasteiger partial charge is 0.251 e. The van der Waals surface area contributed by atoms with Gasteiger partial charge in [0, 0.05) is 44.5 Å². The summed E-state index contributed by atoms with van der Waals surface area (Å²) in [7, 11) is 0. The van der Waals surface area contributed by atoms with Crippen molar-refractivity contribution in [2.45, 2.75) is 79.8 Å². The molecule has 0 heterocycles. The molecule has 2 aromatic carbocycles. The van der Waals surface area contributed by atoms with Crippen LogP contribution in [-0.4, -0.2) is 61.3 Å². The molecule has 0 aliphatic heterocycles. The Hall–Kier alpha value is -2.84. The molecule has 0 aliphatic carbocycles. The summed E-state index contributed by atoms with van der Waals surface area (Å²) in [5, 5.41) is 12.6. The van der Waals surface area contributed by atoms with Crippen LogP contribution in [0.5, 0.6) is 0 Å². The van der Waals surface area contributed by atoms with Crippen LogP contribution in [0, 0.1) is 32.4 Å². The number of aliphatic hydroxyl groups is 1. The van der Waals surface area contributed by atoms with Crippen molar-refractivity contribution in [3.8, 4) is 0 Å². The summed E-state index contributed by atoms with van der Waals surface area (Å²) in [6.45, 7) is 15.2. The van der Waals surface area contributed by atoms with E-state index in [1.807, 2.05) is 32.0 Å². The zero-order valence-electron chi connectivity index (χ0n) is 24.6. The van der Waals surface area contributed by atoms with Crippen molar-refractivity contribution >= 4 is 12.3 Å². The highest BCUT2D eigenvalue weighted by molar-refractivity contribution is 5.94. The lowest BCUT2D eigenvalue weighted by Gasteiger charge is -2.13. The molecule has 0 radical (unpaired) electrons. The summed E-state index contributed by atoms with van der Waals surface area (Å²) in [5.74, 6) is -1.19. The Balaban J connectivity index is 0.000000659. The van der Waals surface area contributed by atoms with Crippen molar-refractivity contribution in [2.24, 2.45) is 0 Å². The topological polar surface area (TPSA) is 78.9 Å². The Morgan fingerprint density at radius 3 is 1.90 bits per heavy atom. The van der Waals surface area contributed by atoms with Gasteiger partial charge >= 0.3 is 0 Å². The summed E-state index contributed by atoms with van der Waals surface area (Å²) in [6, 6.07) is 9.14. The first-order valence-electron chi connectivity index (χ1n) is 13.8. The van der Waals surface area contributed by atoms with Crippen LogP contribution in [-0.2, 0) is 9.53 Å². The average Bonchev–Trinajstić information content (AvgIpc) is 2.86. The number of carbonyl (C=O) groups is 2. The number of amides is 2. The molecule has 2 rings (SSSR count). The van der Waals surface area contributed by atoms with Crippen molar-refractivity contribution in [2.75, 3.05) is 32.8 Å². The van der Waals surface area contributed by atoms with Crippen molar-refractivity contribution in [3.63, 3.8) is 0 Å². The summed E-state index contributed by atoms with van der Waals surface area (Å²) in [4.78, 5) is 24.0. The van der Waals surface area contributed by atoms with Gasteiger partial charge in [0.05, 0.1) is 6.10 Å².